The highest BCUT2D eigenvalue weighted by Crippen LogP contribution is 2.45. The minimum Gasteiger partial charge on any atom is -0.478 e. The van der Waals surface area contributed by atoms with E-state index >= 15 is 0 Å². The van der Waals surface area contributed by atoms with Gasteiger partial charge >= 0.3 is 6.09 Å². The summed E-state index contributed by atoms with van der Waals surface area (Å²) >= 11 is 0. The van der Waals surface area contributed by atoms with E-state index in [-0.39, 0.29) is 12.1 Å². The molecular formula is C26H27N3O5S. The Balaban J connectivity index is 1.45. The number of nitrogens with zero attached hydrogens (tertiary/aromatic N) is 2. The number of amides is 1. The van der Waals surface area contributed by atoms with E-state index in [1.807, 2.05) is 19.1 Å². The second-order valence-electron chi connectivity index (χ2n) is 9.45. The number of nitriles is 1. The zero-order valence-corrected chi connectivity index (χ0v) is 20.5. The summed E-state index contributed by atoms with van der Waals surface area (Å²) in [4.78, 5) is 12.2. The van der Waals surface area contributed by atoms with Crippen LogP contribution in [0.4, 0.5) is 10.5 Å². The average molecular weight is 494 g/mol. The number of carbonyl (C=O) groups excluding carboxylic acids is 1. The van der Waals surface area contributed by atoms with Crippen LogP contribution < -0.4 is 10.1 Å². The van der Waals surface area contributed by atoms with Gasteiger partial charge in [-0.1, -0.05) is 12.1 Å². The molecule has 0 radical (unpaired) electrons. The van der Waals surface area contributed by atoms with Crippen molar-refractivity contribution in [2.75, 3.05) is 17.5 Å². The topological polar surface area (TPSA) is 110 Å². The number of ether oxygens (including phenoxy) is 2. The third-order valence-corrected chi connectivity index (χ3v) is 6.97. The average Bonchev–Trinajstić information content (AvgIpc) is 3.73. The molecular weight excluding hydrogens is 466 g/mol. The molecule has 0 spiro atoms. The molecule has 0 aliphatic heterocycles. The van der Waals surface area contributed by atoms with Gasteiger partial charge in [0.1, 0.15) is 17.9 Å². The van der Waals surface area contributed by atoms with Gasteiger partial charge in [-0.2, -0.15) is 5.26 Å². The maximum absolute atomic E-state index is 12.2. The van der Waals surface area contributed by atoms with Crippen molar-refractivity contribution in [2.24, 2.45) is 5.92 Å². The first kappa shape index (κ1) is 23.2. The SMILES string of the molecule is C[C@@H](OC(=O)Nc1ccc(-c2c(C#N)c3ccc(OCS(C)(=O)=O)cc3n2C2CC2)cc1)C1CC1. The van der Waals surface area contributed by atoms with Gasteiger partial charge < -0.3 is 14.0 Å². The van der Waals surface area contributed by atoms with E-state index in [0.29, 0.717) is 22.9 Å². The van der Waals surface area contributed by atoms with Gasteiger partial charge in [0, 0.05) is 29.4 Å². The van der Waals surface area contributed by atoms with Crippen LogP contribution in [0, 0.1) is 17.2 Å². The molecule has 5 rings (SSSR count). The zero-order valence-electron chi connectivity index (χ0n) is 19.7. The van der Waals surface area contributed by atoms with Gasteiger partial charge in [-0.25, -0.2) is 13.2 Å². The van der Waals surface area contributed by atoms with Crippen molar-refractivity contribution in [1.82, 2.24) is 4.57 Å². The van der Waals surface area contributed by atoms with Crippen molar-refractivity contribution in [1.29, 1.82) is 5.26 Å². The summed E-state index contributed by atoms with van der Waals surface area (Å²) in [5.74, 6) is 0.503. The first-order chi connectivity index (χ1) is 16.7. The van der Waals surface area contributed by atoms with E-state index in [1.54, 1.807) is 30.3 Å². The number of nitrogens with one attached hydrogen (secondary N) is 1. The van der Waals surface area contributed by atoms with Crippen LogP contribution in [0.25, 0.3) is 22.2 Å². The number of carbonyl (C=O) groups is 1. The highest BCUT2D eigenvalue weighted by Gasteiger charge is 2.32. The third-order valence-electron chi connectivity index (χ3n) is 6.42. The zero-order chi connectivity index (χ0) is 24.7. The molecule has 182 valence electrons. The van der Waals surface area contributed by atoms with E-state index in [4.69, 9.17) is 9.47 Å². The second kappa shape index (κ2) is 8.93. The predicted octanol–water partition coefficient (Wildman–Crippen LogP) is 5.24. The van der Waals surface area contributed by atoms with Gasteiger partial charge in [-0.3, -0.25) is 5.32 Å². The Morgan fingerprint density at radius 1 is 1.17 bits per heavy atom. The molecule has 2 aliphatic rings. The predicted molar refractivity (Wildman–Crippen MR) is 133 cm³/mol. The molecule has 3 aromatic rings. The molecule has 8 nitrogen and oxygen atoms in total. The smallest absolute Gasteiger partial charge is 0.411 e. The maximum atomic E-state index is 12.2. The molecule has 2 aromatic carbocycles. The van der Waals surface area contributed by atoms with Gasteiger partial charge in [0.25, 0.3) is 0 Å². The Labute approximate surface area is 204 Å². The molecule has 1 amide bonds. The molecule has 0 bridgehead atoms. The summed E-state index contributed by atoms with van der Waals surface area (Å²) in [6, 6.07) is 15.3. The quantitative estimate of drug-likeness (QED) is 0.459. The fraction of sp³-hybridized carbons (Fsp3) is 0.385. The lowest BCUT2D eigenvalue weighted by molar-refractivity contribution is 0.108. The summed E-state index contributed by atoms with van der Waals surface area (Å²) in [7, 11) is -3.28. The molecule has 2 saturated carbocycles. The molecule has 1 atom stereocenters. The van der Waals surface area contributed by atoms with Crippen LogP contribution in [0.1, 0.15) is 44.2 Å². The van der Waals surface area contributed by atoms with E-state index in [2.05, 4.69) is 16.0 Å². The Morgan fingerprint density at radius 2 is 1.89 bits per heavy atom. The van der Waals surface area contributed by atoms with Crippen molar-refractivity contribution >= 4 is 32.5 Å². The monoisotopic (exact) mass is 493 g/mol. The number of hydrogen-bond donors (Lipinski definition) is 1. The molecule has 1 N–H and O–H groups in total. The first-order valence-electron chi connectivity index (χ1n) is 11.7. The molecule has 35 heavy (non-hydrogen) atoms. The van der Waals surface area contributed by atoms with Gasteiger partial charge in [0.2, 0.25) is 0 Å². The van der Waals surface area contributed by atoms with Crippen molar-refractivity contribution in [3.8, 4) is 23.1 Å². The fourth-order valence-electron chi connectivity index (χ4n) is 4.35. The van der Waals surface area contributed by atoms with Gasteiger partial charge in [0.05, 0.1) is 16.8 Å². The normalized spacial score (nSPS) is 16.5. The standard InChI is InChI=1S/C26H27N3O5S/c1-16(17-3-4-17)34-26(30)28-19-7-5-18(6-8-19)25-23(14-27)22-12-11-21(33-15-35(2,31)32)13-24(22)29(25)20-9-10-20/h5-8,11-13,16-17,20H,3-4,9-10,15H2,1-2H3,(H,28,30)/t16-/m1/s1. The van der Waals surface area contributed by atoms with E-state index in [1.165, 1.54) is 0 Å². The van der Waals surface area contributed by atoms with Crippen LogP contribution in [0.5, 0.6) is 5.75 Å². The van der Waals surface area contributed by atoms with Crippen molar-refractivity contribution in [3.05, 3.63) is 48.0 Å². The van der Waals surface area contributed by atoms with E-state index in [0.717, 1.165) is 54.1 Å². The van der Waals surface area contributed by atoms with Crippen LogP contribution in [-0.4, -0.2) is 37.4 Å². The molecule has 0 unspecified atom stereocenters. The molecule has 0 saturated heterocycles. The Hall–Kier alpha value is -3.51. The van der Waals surface area contributed by atoms with Crippen LogP contribution >= 0.6 is 0 Å². The van der Waals surface area contributed by atoms with Crippen LogP contribution in [-0.2, 0) is 14.6 Å². The second-order valence-corrected chi connectivity index (χ2v) is 11.5. The van der Waals surface area contributed by atoms with Crippen LogP contribution in [0.2, 0.25) is 0 Å². The largest absolute Gasteiger partial charge is 0.478 e. The lowest BCUT2D eigenvalue weighted by atomic mass is 10.1. The van der Waals surface area contributed by atoms with Crippen LogP contribution in [0.15, 0.2) is 42.5 Å². The highest BCUT2D eigenvalue weighted by atomic mass is 32.2. The summed E-state index contributed by atoms with van der Waals surface area (Å²) in [5.41, 5.74) is 3.67. The van der Waals surface area contributed by atoms with Gasteiger partial charge in [-0.05, 0) is 68.4 Å². The Kier molecular flexibility index (Phi) is 5.93. The van der Waals surface area contributed by atoms with Crippen LogP contribution in [0.3, 0.4) is 0 Å². The number of hydrogen-bond acceptors (Lipinski definition) is 6. The van der Waals surface area contributed by atoms with Crippen molar-refractivity contribution < 1.29 is 22.7 Å². The summed E-state index contributed by atoms with van der Waals surface area (Å²) in [5, 5.41) is 13.6. The van der Waals surface area contributed by atoms with Crippen molar-refractivity contribution in [2.45, 2.75) is 44.8 Å². The number of aromatic nitrogens is 1. The minimum absolute atomic E-state index is 0.0898. The molecule has 2 fully saturated rings. The lowest BCUT2D eigenvalue weighted by Crippen LogP contribution is -2.21. The minimum atomic E-state index is -3.28. The van der Waals surface area contributed by atoms with Gasteiger partial charge in [0.15, 0.2) is 15.8 Å². The molecule has 1 heterocycles. The lowest BCUT2D eigenvalue weighted by Gasteiger charge is -2.14. The number of fused-ring (bicyclic) bond motifs is 1. The summed E-state index contributed by atoms with van der Waals surface area (Å²) < 4.78 is 36.1. The summed E-state index contributed by atoms with van der Waals surface area (Å²) in [6.07, 6.45) is 4.77. The molecule has 1 aromatic heterocycles. The molecule has 2 aliphatic carbocycles. The van der Waals surface area contributed by atoms with Gasteiger partial charge in [-0.15, -0.1) is 0 Å². The third kappa shape index (κ3) is 5.13. The van der Waals surface area contributed by atoms with E-state index in [9.17, 15) is 18.5 Å². The number of benzene rings is 2. The fourth-order valence-corrected chi connectivity index (χ4v) is 4.70. The first-order valence-corrected chi connectivity index (χ1v) is 13.8. The van der Waals surface area contributed by atoms with E-state index < -0.39 is 21.9 Å². The number of sulfone groups is 1. The number of rotatable bonds is 8. The molecule has 9 heteroatoms. The Bertz CT molecular complexity index is 1430. The summed E-state index contributed by atoms with van der Waals surface area (Å²) in [6.45, 7) is 1.91. The van der Waals surface area contributed by atoms with Crippen molar-refractivity contribution in [3.63, 3.8) is 0 Å². The highest BCUT2D eigenvalue weighted by molar-refractivity contribution is 7.90. The maximum Gasteiger partial charge on any atom is 0.411 e. The number of anilines is 1. The Morgan fingerprint density at radius 3 is 2.49 bits per heavy atom.